The minimum atomic E-state index is -0.626. The Labute approximate surface area is 705 Å². The summed E-state index contributed by atoms with van der Waals surface area (Å²) >= 11 is 13.6. The predicted octanol–water partition coefficient (Wildman–Crippen LogP) is 21.1. The number of ketones is 3. The van der Waals surface area contributed by atoms with Gasteiger partial charge in [-0.2, -0.15) is 10.3 Å². The van der Waals surface area contributed by atoms with Gasteiger partial charge in [0.1, 0.15) is 90.3 Å². The lowest BCUT2D eigenvalue weighted by Gasteiger charge is -2.20. The van der Waals surface area contributed by atoms with E-state index in [9.17, 15) is 33.6 Å². The number of aliphatic hydroxyl groups excluding tert-OH is 1. The van der Waals surface area contributed by atoms with E-state index in [1.807, 2.05) is 181 Å². The van der Waals surface area contributed by atoms with E-state index in [1.165, 1.54) is 49.5 Å². The van der Waals surface area contributed by atoms with E-state index in [1.54, 1.807) is 61.4 Å². The fraction of sp³-hybridized carbons (Fsp3) is 0.297. The monoisotopic (exact) mass is 1810 g/mol. The fourth-order valence-electron chi connectivity index (χ4n) is 11.4. The van der Waals surface area contributed by atoms with Gasteiger partial charge in [0, 0.05) is 58.0 Å². The van der Waals surface area contributed by atoms with Gasteiger partial charge >= 0.3 is 17.9 Å². The minimum Gasteiger partial charge on any atom is -0.488 e. The first-order valence-electron chi connectivity index (χ1n) is 36.8. The van der Waals surface area contributed by atoms with E-state index in [-0.39, 0.29) is 65.6 Å². The number of hydrogen-bond donors (Lipinski definition) is 2. The molecule has 3 N–H and O–H groups in total. The number of hydrogen-bond acceptors (Lipinski definition) is 18. The molecule has 0 aliphatic heterocycles. The quantitative estimate of drug-likeness (QED) is 0.0129. The fourth-order valence-corrected chi connectivity index (χ4v) is 12.9. The summed E-state index contributed by atoms with van der Waals surface area (Å²) in [7, 11) is 0. The number of carbonyl (C=O) groups is 6. The SMILES string of the molecule is Brc1cc2c(cc1OCc1ccccc1)CC=C2.CC(=O)C1=CCc2cc(OCc3ccccc3)c(Br)cc21.CC(=O)c1cn(CC(=O)OC(C)(C)C)c2cc(OCc3ccccc3)c(Br)cc12.CC(=O)c1cn(CC(=O)OC(C)(C)C)c2cc(OCc3ccccc3)c(N=C=O)cc12.CC(C)(C)OC(=O)CBr.N#CO.NC1CC1. The van der Waals surface area contributed by atoms with Crippen LogP contribution in [0, 0.1) is 11.5 Å². The minimum absolute atomic E-state index is 0.0147. The number of fused-ring (bicyclic) bond motifs is 4. The van der Waals surface area contributed by atoms with Gasteiger partial charge in [-0.3, -0.25) is 28.8 Å². The number of ether oxygens (including phenoxy) is 7. The molecule has 1 saturated carbocycles. The Balaban J connectivity index is 0.000000202. The summed E-state index contributed by atoms with van der Waals surface area (Å²) in [5.41, 5.74) is 16.1. The topological polar surface area (TPSA) is 276 Å². The van der Waals surface area contributed by atoms with Crippen molar-refractivity contribution in [2.75, 3.05) is 5.33 Å². The Kier molecular flexibility index (Phi) is 34.9. The average molecular weight is 1820 g/mol. The van der Waals surface area contributed by atoms with Crippen molar-refractivity contribution in [2.45, 2.75) is 171 Å². The second-order valence-electron chi connectivity index (χ2n) is 29.6. The number of carbonyl (C=O) groups excluding carboxylic acids is 7. The van der Waals surface area contributed by atoms with Crippen molar-refractivity contribution in [2.24, 2.45) is 10.7 Å². The summed E-state index contributed by atoms with van der Waals surface area (Å²) in [6.07, 6.45) is 16.2. The third kappa shape index (κ3) is 30.3. The maximum absolute atomic E-state index is 12.4. The van der Waals surface area contributed by atoms with Crippen LogP contribution in [0.25, 0.3) is 33.5 Å². The normalized spacial score (nSPS) is 12.0. The van der Waals surface area contributed by atoms with Gasteiger partial charge in [-0.25, -0.2) is 4.79 Å². The molecule has 602 valence electrons. The molecule has 3 aliphatic carbocycles. The zero-order valence-electron chi connectivity index (χ0n) is 66.4. The number of halogens is 4. The summed E-state index contributed by atoms with van der Waals surface area (Å²) in [6.45, 7) is 22.7. The van der Waals surface area contributed by atoms with Crippen LogP contribution in [0.1, 0.15) is 161 Å². The number of aliphatic imine (C=N–C) groups is 1. The van der Waals surface area contributed by atoms with Crippen molar-refractivity contribution in [3.8, 4) is 29.3 Å². The highest BCUT2D eigenvalue weighted by Gasteiger charge is 2.25. The molecule has 20 nitrogen and oxygen atoms in total. The highest BCUT2D eigenvalue weighted by atomic mass is 79.9. The van der Waals surface area contributed by atoms with Crippen LogP contribution in [0.5, 0.6) is 23.0 Å². The lowest BCUT2D eigenvalue weighted by atomic mass is 10.0. The van der Waals surface area contributed by atoms with E-state index >= 15 is 0 Å². The van der Waals surface area contributed by atoms with Crippen LogP contribution in [0.2, 0.25) is 0 Å². The number of rotatable bonds is 21. The number of aromatic nitrogens is 2. The molecule has 2 heterocycles. The summed E-state index contributed by atoms with van der Waals surface area (Å²) in [4.78, 5) is 85.9. The van der Waals surface area contributed by atoms with Gasteiger partial charge in [0.05, 0.1) is 24.5 Å². The van der Waals surface area contributed by atoms with Crippen molar-refractivity contribution < 1.29 is 71.8 Å². The zero-order chi connectivity index (χ0) is 84.2. The first-order valence-corrected chi connectivity index (χ1v) is 40.3. The molecule has 0 atom stereocenters. The van der Waals surface area contributed by atoms with Crippen molar-refractivity contribution >= 4 is 144 Å². The third-order valence-electron chi connectivity index (χ3n) is 16.5. The standard InChI is InChI=1S/C24H24N2O5.C23H24BrNO4.C18H15BrO2.C16H13BrO.C6H11BrO2.C3H7N.CHNO/c1-16(28)19-12-26(13-23(29)31-24(2,3)4)21-11-22(20(25-15-27)10-18(19)21)30-14-17-8-6-5-7-9-17;1-15(26)18-12-25(13-22(27)29-23(2,3)4)20-11-21(19(24)10-17(18)20)28-14-16-8-6-5-7-9-16;1-12(20)15-8-7-14-9-18(17(19)10-16(14)15)21-11-13-5-3-2-4-6-13;17-15-9-13-7-4-8-14(13)10-16(15)18-11-12-5-2-1-3-6-12;1-6(2,3)9-5(8)4-7;4-3-1-2-3;2-1-3/h5-12H,13-14H2,1-4H3;5-12H,13-14H2,1-4H3;2-6,8-10H,7,11H2,1H3;1-7,9-10H,8,11H2;4H2,1-3H3;3H,1-2,4H2;3H. The Bertz CT molecular complexity index is 5180. The third-order valence-corrected chi connectivity index (χ3v) is 18.9. The van der Waals surface area contributed by atoms with E-state index < -0.39 is 17.2 Å². The number of alkyl halides is 1. The number of nitrogens with zero attached hydrogens (tertiary/aromatic N) is 4. The number of isocyanates is 1. The summed E-state index contributed by atoms with van der Waals surface area (Å²) in [5.74, 6) is 1.58. The Morgan fingerprint density at radius 2 is 0.878 bits per heavy atom. The molecule has 8 aromatic carbocycles. The predicted molar refractivity (Wildman–Crippen MR) is 462 cm³/mol. The second-order valence-corrected chi connectivity index (χ2v) is 32.8. The van der Waals surface area contributed by atoms with Crippen LogP contribution < -0.4 is 24.7 Å². The average Bonchev–Trinajstić information content (AvgIpc) is 1.64. The van der Waals surface area contributed by atoms with Gasteiger partial charge in [0.25, 0.3) is 6.26 Å². The maximum atomic E-state index is 12.4. The molecule has 0 amide bonds. The largest absolute Gasteiger partial charge is 0.488 e. The number of esters is 3. The smallest absolute Gasteiger partial charge is 0.326 e. The highest BCUT2D eigenvalue weighted by Crippen LogP contribution is 2.40. The van der Waals surface area contributed by atoms with Gasteiger partial charge in [0.15, 0.2) is 17.3 Å². The van der Waals surface area contributed by atoms with Crippen molar-refractivity contribution in [1.29, 1.82) is 5.26 Å². The molecule has 13 rings (SSSR count). The number of allylic oxidation sites excluding steroid dienone is 3. The molecule has 115 heavy (non-hydrogen) atoms. The van der Waals surface area contributed by atoms with Crippen LogP contribution >= 0.6 is 63.7 Å². The molecule has 0 radical (unpaired) electrons. The first-order chi connectivity index (χ1) is 54.5. The molecule has 3 aliphatic rings. The van der Waals surface area contributed by atoms with Crippen molar-refractivity contribution in [1.82, 2.24) is 9.13 Å². The van der Waals surface area contributed by atoms with Gasteiger partial charge in [0.2, 0.25) is 6.08 Å². The number of Topliss-reactive ketones (excluding diaryl/α,β-unsaturated/α-hetero) is 3. The lowest BCUT2D eigenvalue weighted by molar-refractivity contribution is -0.156. The highest BCUT2D eigenvalue weighted by molar-refractivity contribution is 9.11. The molecule has 0 spiro atoms. The van der Waals surface area contributed by atoms with E-state index in [2.05, 4.69) is 105 Å². The molecule has 0 bridgehead atoms. The maximum Gasteiger partial charge on any atom is 0.326 e. The van der Waals surface area contributed by atoms with Crippen LogP contribution in [-0.4, -0.2) is 83.8 Å². The van der Waals surface area contributed by atoms with Crippen molar-refractivity contribution in [3.05, 3.63) is 263 Å². The number of aliphatic hydroxyl groups is 1. The van der Waals surface area contributed by atoms with Crippen LogP contribution in [0.3, 0.4) is 0 Å². The summed E-state index contributed by atoms with van der Waals surface area (Å²) in [5, 5.41) is 15.3. The molecular formula is C91H95Br4N5O15. The van der Waals surface area contributed by atoms with Crippen molar-refractivity contribution in [3.63, 3.8) is 0 Å². The molecule has 2 aromatic heterocycles. The van der Waals surface area contributed by atoms with Crippen LogP contribution in [-0.2, 0) is 90.5 Å². The Morgan fingerprint density at radius 1 is 0.513 bits per heavy atom. The number of nitrogens with two attached hydrogens (primary N) is 1. The number of benzene rings is 8. The van der Waals surface area contributed by atoms with Gasteiger partial charge in [-0.1, -0.05) is 155 Å². The van der Waals surface area contributed by atoms with Gasteiger partial charge in [-0.15, -0.1) is 0 Å². The lowest BCUT2D eigenvalue weighted by Crippen LogP contribution is -2.26. The Hall–Kier alpha value is -10.5. The number of nitriles is 1. The Morgan fingerprint density at radius 3 is 1.25 bits per heavy atom. The molecule has 1 fully saturated rings. The van der Waals surface area contributed by atoms with E-state index in [0.717, 1.165) is 88.3 Å². The van der Waals surface area contributed by atoms with Gasteiger partial charge in [-0.05, 0) is 237 Å². The van der Waals surface area contributed by atoms with Crippen LogP contribution in [0.15, 0.2) is 213 Å². The summed E-state index contributed by atoms with van der Waals surface area (Å²) in [6, 6.07) is 55.5. The second kappa shape index (κ2) is 43.8. The molecule has 10 aromatic rings. The first kappa shape index (κ1) is 91.7. The molecule has 24 heteroatoms. The zero-order valence-corrected chi connectivity index (χ0v) is 72.8. The summed E-state index contributed by atoms with van der Waals surface area (Å²) < 4.78 is 45.4. The van der Waals surface area contributed by atoms with E-state index in [0.29, 0.717) is 59.4 Å². The van der Waals surface area contributed by atoms with E-state index in [4.69, 9.17) is 49.3 Å². The molecule has 0 saturated heterocycles. The van der Waals surface area contributed by atoms with Gasteiger partial charge < -0.3 is 53.1 Å². The molecular weight excluding hydrogens is 1720 g/mol. The molecule has 0 unspecified atom stereocenters. The van der Waals surface area contributed by atoms with Crippen LogP contribution in [0.4, 0.5) is 5.69 Å².